The maximum Gasteiger partial charge on any atom is 0.123 e. The van der Waals surface area contributed by atoms with Crippen LogP contribution in [0.3, 0.4) is 0 Å². The zero-order chi connectivity index (χ0) is 8.43. The van der Waals surface area contributed by atoms with Crippen molar-refractivity contribution in [1.29, 1.82) is 0 Å². The second-order valence-corrected chi connectivity index (χ2v) is 2.65. The van der Waals surface area contributed by atoms with Gasteiger partial charge in [-0.05, 0) is 25.5 Å². The van der Waals surface area contributed by atoms with Gasteiger partial charge in [-0.15, -0.1) is 0 Å². The number of nitrogens with two attached hydrogens (primary N) is 1. The van der Waals surface area contributed by atoms with E-state index in [-0.39, 0.29) is 0 Å². The van der Waals surface area contributed by atoms with Gasteiger partial charge in [0, 0.05) is 0 Å². The van der Waals surface area contributed by atoms with Crippen molar-refractivity contribution in [1.82, 2.24) is 0 Å². The number of aryl methyl sites for hydroxylation is 2. The first-order chi connectivity index (χ1) is 5.15. The van der Waals surface area contributed by atoms with Crippen molar-refractivity contribution in [3.05, 3.63) is 23.2 Å². The van der Waals surface area contributed by atoms with Gasteiger partial charge in [0.1, 0.15) is 18.2 Å². The molecule has 62 valence electrons. The van der Waals surface area contributed by atoms with Crippen LogP contribution in [0, 0.1) is 13.8 Å². The molecule has 0 bridgehead atoms. The lowest BCUT2D eigenvalue weighted by Gasteiger charge is -2.00. The highest BCUT2D eigenvalue weighted by Crippen LogP contribution is 2.18. The molecule has 0 aliphatic rings. The Morgan fingerprint density at radius 1 is 1.64 bits per heavy atom. The van der Waals surface area contributed by atoms with E-state index in [9.17, 15) is 4.39 Å². The van der Waals surface area contributed by atoms with Gasteiger partial charge < -0.3 is 10.2 Å². The van der Waals surface area contributed by atoms with Crippen LogP contribution in [0.1, 0.15) is 23.1 Å². The summed E-state index contributed by atoms with van der Waals surface area (Å²) in [7, 11) is 0. The van der Waals surface area contributed by atoms with Crippen molar-refractivity contribution >= 4 is 0 Å². The Hall–Kier alpha value is -0.830. The van der Waals surface area contributed by atoms with Crippen LogP contribution in [-0.2, 0) is 0 Å². The third-order valence-corrected chi connectivity index (χ3v) is 1.72. The van der Waals surface area contributed by atoms with E-state index >= 15 is 0 Å². The Kier molecular flexibility index (Phi) is 2.29. The molecule has 0 radical (unpaired) electrons. The Labute approximate surface area is 65.2 Å². The van der Waals surface area contributed by atoms with Crippen LogP contribution in [0.2, 0.25) is 0 Å². The molecule has 0 aliphatic heterocycles. The fraction of sp³-hybridized carbons (Fsp3) is 0.500. The normalized spacial score (nSPS) is 13.5. The molecule has 1 aromatic rings. The number of alkyl halides is 1. The van der Waals surface area contributed by atoms with E-state index in [4.69, 9.17) is 10.2 Å². The first-order valence-electron chi connectivity index (χ1n) is 3.53. The third kappa shape index (κ3) is 1.60. The Morgan fingerprint density at radius 3 is 2.64 bits per heavy atom. The predicted octanol–water partition coefficient (Wildman–Crippen LogP) is 1.87. The van der Waals surface area contributed by atoms with Crippen LogP contribution < -0.4 is 5.73 Å². The van der Waals surface area contributed by atoms with Crippen LogP contribution >= 0.6 is 0 Å². The molecular formula is C8H12FNO. The molecule has 2 nitrogen and oxygen atoms in total. The summed E-state index contributed by atoms with van der Waals surface area (Å²) >= 11 is 0. The topological polar surface area (TPSA) is 39.2 Å². The minimum absolute atomic E-state index is 0.530. The highest BCUT2D eigenvalue weighted by atomic mass is 19.1. The largest absolute Gasteiger partial charge is 0.464 e. The van der Waals surface area contributed by atoms with Crippen LogP contribution in [-0.4, -0.2) is 6.67 Å². The first-order valence-corrected chi connectivity index (χ1v) is 3.53. The van der Waals surface area contributed by atoms with E-state index in [1.165, 1.54) is 0 Å². The standard InChI is InChI=1S/C8H12FNO/c1-5-3-8(7(10)4-9)11-6(5)2/h3,7H,4,10H2,1-2H3/t7-/m1/s1. The van der Waals surface area contributed by atoms with Crippen molar-refractivity contribution in [2.24, 2.45) is 5.73 Å². The average molecular weight is 157 g/mol. The van der Waals surface area contributed by atoms with E-state index in [1.807, 2.05) is 13.8 Å². The molecule has 0 spiro atoms. The quantitative estimate of drug-likeness (QED) is 0.711. The van der Waals surface area contributed by atoms with E-state index in [0.717, 1.165) is 11.3 Å². The van der Waals surface area contributed by atoms with E-state index in [2.05, 4.69) is 0 Å². The molecule has 0 fully saturated rings. The Morgan fingerprint density at radius 2 is 2.27 bits per heavy atom. The zero-order valence-corrected chi connectivity index (χ0v) is 6.73. The summed E-state index contributed by atoms with van der Waals surface area (Å²) in [6.07, 6.45) is 0. The molecule has 3 heteroatoms. The van der Waals surface area contributed by atoms with Crippen molar-refractivity contribution in [3.63, 3.8) is 0 Å². The van der Waals surface area contributed by atoms with Crippen LogP contribution in [0.4, 0.5) is 4.39 Å². The SMILES string of the molecule is Cc1cc([C@H](N)CF)oc1C. The monoisotopic (exact) mass is 157 g/mol. The molecule has 1 heterocycles. The van der Waals surface area contributed by atoms with Gasteiger partial charge in [0.15, 0.2) is 0 Å². The zero-order valence-electron chi connectivity index (χ0n) is 6.73. The molecule has 1 atom stereocenters. The molecule has 0 saturated carbocycles. The van der Waals surface area contributed by atoms with E-state index in [0.29, 0.717) is 5.76 Å². The molecular weight excluding hydrogens is 145 g/mol. The maximum atomic E-state index is 12.0. The lowest BCUT2D eigenvalue weighted by Crippen LogP contribution is -2.10. The minimum Gasteiger partial charge on any atom is -0.464 e. The molecule has 1 aromatic heterocycles. The number of rotatable bonds is 2. The van der Waals surface area contributed by atoms with Crippen molar-refractivity contribution in [3.8, 4) is 0 Å². The maximum absolute atomic E-state index is 12.0. The van der Waals surface area contributed by atoms with Gasteiger partial charge in [0.05, 0.1) is 6.04 Å². The fourth-order valence-corrected chi connectivity index (χ4v) is 0.861. The number of hydrogen-bond acceptors (Lipinski definition) is 2. The first kappa shape index (κ1) is 8.27. The predicted molar refractivity (Wildman–Crippen MR) is 41.1 cm³/mol. The van der Waals surface area contributed by atoms with Gasteiger partial charge in [-0.3, -0.25) is 0 Å². The van der Waals surface area contributed by atoms with Gasteiger partial charge >= 0.3 is 0 Å². The van der Waals surface area contributed by atoms with Crippen molar-refractivity contribution in [2.45, 2.75) is 19.9 Å². The summed E-state index contributed by atoms with van der Waals surface area (Å²) in [5.74, 6) is 1.34. The van der Waals surface area contributed by atoms with Crippen molar-refractivity contribution in [2.75, 3.05) is 6.67 Å². The number of hydrogen-bond donors (Lipinski definition) is 1. The average Bonchev–Trinajstić information content (AvgIpc) is 2.31. The molecule has 0 saturated heterocycles. The summed E-state index contributed by atoms with van der Waals surface area (Å²) in [5.41, 5.74) is 6.43. The third-order valence-electron chi connectivity index (χ3n) is 1.72. The van der Waals surface area contributed by atoms with Gasteiger partial charge in [-0.25, -0.2) is 4.39 Å². The van der Waals surface area contributed by atoms with E-state index < -0.39 is 12.7 Å². The van der Waals surface area contributed by atoms with Gasteiger partial charge in [0.25, 0.3) is 0 Å². The summed E-state index contributed by atoms with van der Waals surface area (Å²) in [4.78, 5) is 0. The van der Waals surface area contributed by atoms with Crippen LogP contribution in [0.5, 0.6) is 0 Å². The second-order valence-electron chi connectivity index (χ2n) is 2.65. The summed E-state index contributed by atoms with van der Waals surface area (Å²) in [6.45, 7) is 3.17. The summed E-state index contributed by atoms with van der Waals surface area (Å²) in [5, 5.41) is 0. The molecule has 11 heavy (non-hydrogen) atoms. The van der Waals surface area contributed by atoms with Gasteiger partial charge in [-0.1, -0.05) is 0 Å². The molecule has 1 rings (SSSR count). The molecule has 0 aliphatic carbocycles. The van der Waals surface area contributed by atoms with Crippen LogP contribution in [0.25, 0.3) is 0 Å². The molecule has 2 N–H and O–H groups in total. The molecule has 0 unspecified atom stereocenters. The Balaban J connectivity index is 2.88. The highest BCUT2D eigenvalue weighted by Gasteiger charge is 2.10. The smallest absolute Gasteiger partial charge is 0.123 e. The van der Waals surface area contributed by atoms with Crippen molar-refractivity contribution < 1.29 is 8.81 Å². The minimum atomic E-state index is -0.609. The number of furan rings is 1. The molecule has 0 aromatic carbocycles. The summed E-state index contributed by atoms with van der Waals surface area (Å²) in [6, 6.07) is 1.17. The lowest BCUT2D eigenvalue weighted by molar-refractivity contribution is 0.374. The van der Waals surface area contributed by atoms with E-state index in [1.54, 1.807) is 6.07 Å². The van der Waals surface area contributed by atoms with Gasteiger partial charge in [-0.2, -0.15) is 0 Å². The highest BCUT2D eigenvalue weighted by molar-refractivity contribution is 5.20. The Bertz CT molecular complexity index is 225. The van der Waals surface area contributed by atoms with Gasteiger partial charge in [0.2, 0.25) is 0 Å². The molecule has 0 amide bonds. The summed E-state index contributed by atoms with van der Waals surface area (Å²) < 4.78 is 17.2. The fourth-order valence-electron chi connectivity index (χ4n) is 0.861. The lowest BCUT2D eigenvalue weighted by atomic mass is 10.2. The van der Waals surface area contributed by atoms with Crippen LogP contribution in [0.15, 0.2) is 10.5 Å². The second kappa shape index (κ2) is 3.05. The number of halogens is 1.